The highest BCUT2D eigenvalue weighted by Crippen LogP contribution is 2.41. The molecular weight excluding hydrogens is 520 g/mol. The van der Waals surface area contributed by atoms with Crippen molar-refractivity contribution in [3.05, 3.63) is 108 Å². The Morgan fingerprint density at radius 2 is 1.00 bits per heavy atom. The number of hydrogen-bond donors (Lipinski definition) is 1. The number of benzene rings is 3. The second kappa shape index (κ2) is 20.0. The number of carbonyl (C=O) groups is 1. The van der Waals surface area contributed by atoms with Gasteiger partial charge in [-0.25, -0.2) is 0 Å². The molecule has 0 bridgehead atoms. The molecule has 1 unspecified atom stereocenters. The molecule has 0 aromatic heterocycles. The van der Waals surface area contributed by atoms with Gasteiger partial charge in [0.05, 0.1) is 6.61 Å². The molecular formula is C38H52O4. The summed E-state index contributed by atoms with van der Waals surface area (Å²) in [6, 6.07) is 30.1. The summed E-state index contributed by atoms with van der Waals surface area (Å²) in [6.07, 6.45) is 16.2. The highest BCUT2D eigenvalue weighted by atomic mass is 16.6. The predicted molar refractivity (Wildman–Crippen MR) is 172 cm³/mol. The lowest BCUT2D eigenvalue weighted by atomic mass is 9.80. The van der Waals surface area contributed by atoms with Crippen LogP contribution in [0.25, 0.3) is 0 Å². The molecule has 0 fully saturated rings. The molecule has 0 aliphatic rings. The first kappa shape index (κ1) is 33.6. The number of rotatable bonds is 22. The van der Waals surface area contributed by atoms with E-state index in [9.17, 15) is 9.90 Å². The maximum atomic E-state index is 12.6. The second-order valence-corrected chi connectivity index (χ2v) is 11.4. The third kappa shape index (κ3) is 11.0. The van der Waals surface area contributed by atoms with Gasteiger partial charge in [0.25, 0.3) is 0 Å². The van der Waals surface area contributed by atoms with Crippen molar-refractivity contribution in [1.82, 2.24) is 0 Å². The first-order valence-corrected chi connectivity index (χ1v) is 16.3. The van der Waals surface area contributed by atoms with Crippen LogP contribution >= 0.6 is 0 Å². The Hall–Kier alpha value is -2.95. The van der Waals surface area contributed by atoms with Crippen LogP contribution in [0.15, 0.2) is 91.0 Å². The summed E-state index contributed by atoms with van der Waals surface area (Å²) in [7, 11) is 0. The first-order valence-electron chi connectivity index (χ1n) is 16.3. The summed E-state index contributed by atoms with van der Waals surface area (Å²) in [5.41, 5.74) is 1.86. The Bertz CT molecular complexity index is 987. The van der Waals surface area contributed by atoms with Gasteiger partial charge in [-0.3, -0.25) is 4.79 Å². The molecule has 3 rings (SSSR count). The lowest BCUT2D eigenvalue weighted by Gasteiger charge is -2.38. The van der Waals surface area contributed by atoms with Gasteiger partial charge in [0.15, 0.2) is 0 Å². The number of unbranched alkanes of at least 4 members (excludes halogenated alkanes) is 12. The molecule has 0 saturated heterocycles. The number of aliphatic hydroxyl groups is 1. The highest BCUT2D eigenvalue weighted by molar-refractivity contribution is 5.69. The Balaban J connectivity index is 1.48. The van der Waals surface area contributed by atoms with Crippen LogP contribution in [0.5, 0.6) is 0 Å². The van der Waals surface area contributed by atoms with Gasteiger partial charge < -0.3 is 14.6 Å². The zero-order valence-electron chi connectivity index (χ0n) is 25.7. The largest absolute Gasteiger partial charge is 0.463 e. The average molecular weight is 573 g/mol. The molecule has 0 heterocycles. The fourth-order valence-electron chi connectivity index (χ4n) is 5.64. The van der Waals surface area contributed by atoms with E-state index < -0.39 is 11.7 Å². The van der Waals surface area contributed by atoms with Crippen LogP contribution in [-0.2, 0) is 19.9 Å². The van der Waals surface area contributed by atoms with E-state index in [1.165, 1.54) is 70.6 Å². The van der Waals surface area contributed by atoms with E-state index in [4.69, 9.17) is 9.47 Å². The third-order valence-electron chi connectivity index (χ3n) is 8.00. The predicted octanol–water partition coefficient (Wildman–Crippen LogP) is 9.38. The molecule has 4 heteroatoms. The maximum Gasteiger partial charge on any atom is 0.305 e. The molecule has 0 radical (unpaired) electrons. The van der Waals surface area contributed by atoms with Crippen LogP contribution in [0.4, 0.5) is 0 Å². The molecule has 42 heavy (non-hydrogen) atoms. The Labute approximate surface area is 254 Å². The van der Waals surface area contributed by atoms with Gasteiger partial charge in [-0.1, -0.05) is 175 Å². The van der Waals surface area contributed by atoms with E-state index >= 15 is 0 Å². The van der Waals surface area contributed by atoms with Crippen LogP contribution in [0.1, 0.15) is 114 Å². The smallest absolute Gasteiger partial charge is 0.305 e. The van der Waals surface area contributed by atoms with E-state index in [1.54, 1.807) is 0 Å². The van der Waals surface area contributed by atoms with Gasteiger partial charge in [-0.05, 0) is 23.1 Å². The van der Waals surface area contributed by atoms with Gasteiger partial charge >= 0.3 is 5.97 Å². The number of carbonyl (C=O) groups excluding carboxylic acids is 1. The minimum absolute atomic E-state index is 0.00201. The summed E-state index contributed by atoms with van der Waals surface area (Å²) in [5, 5.41) is 10.3. The minimum atomic E-state index is -0.974. The molecule has 1 N–H and O–H groups in total. The molecule has 4 nitrogen and oxygen atoms in total. The lowest BCUT2D eigenvalue weighted by Crippen LogP contribution is -2.40. The van der Waals surface area contributed by atoms with E-state index in [0.29, 0.717) is 6.42 Å². The second-order valence-electron chi connectivity index (χ2n) is 11.4. The summed E-state index contributed by atoms with van der Waals surface area (Å²) >= 11 is 0. The number of hydrogen-bond acceptors (Lipinski definition) is 4. The van der Waals surface area contributed by atoms with Gasteiger partial charge in [-0.15, -0.1) is 0 Å². The summed E-state index contributed by atoms with van der Waals surface area (Å²) in [6.45, 7) is 2.00. The van der Waals surface area contributed by atoms with Gasteiger partial charge in [0.2, 0.25) is 0 Å². The molecule has 0 aliphatic carbocycles. The maximum absolute atomic E-state index is 12.6. The summed E-state index contributed by atoms with van der Waals surface area (Å²) in [5.74, 6) is -0.232. The zero-order valence-corrected chi connectivity index (χ0v) is 25.7. The van der Waals surface area contributed by atoms with Crippen molar-refractivity contribution in [2.24, 2.45) is 0 Å². The Morgan fingerprint density at radius 1 is 0.619 bits per heavy atom. The SMILES string of the molecule is CCCCCCCCCCCCCCCC(=O)OCC(CO)OC(c1ccccc1)(c1ccccc1)c1ccccc1. The van der Waals surface area contributed by atoms with E-state index in [2.05, 4.69) is 6.92 Å². The van der Waals surface area contributed by atoms with Crippen LogP contribution in [0.3, 0.4) is 0 Å². The van der Waals surface area contributed by atoms with Gasteiger partial charge in [0.1, 0.15) is 18.3 Å². The zero-order chi connectivity index (χ0) is 29.7. The Morgan fingerprint density at radius 3 is 1.38 bits per heavy atom. The van der Waals surface area contributed by atoms with Crippen molar-refractivity contribution in [2.75, 3.05) is 13.2 Å². The first-order chi connectivity index (χ1) is 20.7. The molecule has 0 aliphatic heterocycles. The van der Waals surface area contributed by atoms with Gasteiger partial charge in [-0.2, -0.15) is 0 Å². The van der Waals surface area contributed by atoms with E-state index in [0.717, 1.165) is 29.5 Å². The van der Waals surface area contributed by atoms with E-state index in [-0.39, 0.29) is 19.2 Å². The van der Waals surface area contributed by atoms with Crippen LogP contribution in [-0.4, -0.2) is 30.4 Å². The lowest BCUT2D eigenvalue weighted by molar-refractivity contribution is -0.154. The molecule has 0 amide bonds. The fourth-order valence-corrected chi connectivity index (χ4v) is 5.64. The third-order valence-corrected chi connectivity index (χ3v) is 8.00. The average Bonchev–Trinajstić information content (AvgIpc) is 3.05. The van der Waals surface area contributed by atoms with Crippen LogP contribution in [0, 0.1) is 0 Å². The van der Waals surface area contributed by atoms with E-state index in [1.807, 2.05) is 91.0 Å². The highest BCUT2D eigenvalue weighted by Gasteiger charge is 2.40. The van der Waals surface area contributed by atoms with Crippen molar-refractivity contribution in [3.63, 3.8) is 0 Å². The molecule has 3 aromatic rings. The van der Waals surface area contributed by atoms with Crippen LogP contribution < -0.4 is 0 Å². The standard InChI is InChI=1S/C38H52O4/c1-2-3-4-5-6-7-8-9-10-11-12-13-23-30-37(40)41-32-36(31-39)42-38(33-24-17-14-18-25-33,34-26-19-15-20-27-34)35-28-21-16-22-29-35/h14-22,24-29,36,39H,2-13,23,30-32H2,1H3. The Kier molecular flexibility index (Phi) is 16.0. The minimum Gasteiger partial charge on any atom is -0.463 e. The summed E-state index contributed by atoms with van der Waals surface area (Å²) in [4.78, 5) is 12.6. The fraction of sp³-hybridized carbons (Fsp3) is 0.500. The molecule has 1 atom stereocenters. The molecule has 3 aromatic carbocycles. The normalized spacial score (nSPS) is 12.2. The van der Waals surface area contributed by atoms with Crippen LogP contribution in [0.2, 0.25) is 0 Å². The molecule has 0 saturated carbocycles. The monoisotopic (exact) mass is 572 g/mol. The molecule has 0 spiro atoms. The topological polar surface area (TPSA) is 55.8 Å². The molecule has 228 valence electrons. The van der Waals surface area contributed by atoms with Gasteiger partial charge in [0, 0.05) is 6.42 Å². The van der Waals surface area contributed by atoms with Crippen molar-refractivity contribution in [1.29, 1.82) is 0 Å². The van der Waals surface area contributed by atoms with Crippen molar-refractivity contribution >= 4 is 5.97 Å². The van der Waals surface area contributed by atoms with Crippen molar-refractivity contribution < 1.29 is 19.4 Å². The number of aliphatic hydroxyl groups excluding tert-OH is 1. The quantitative estimate of drug-likeness (QED) is 0.0740. The number of ether oxygens (including phenoxy) is 2. The summed E-state index contributed by atoms with van der Waals surface area (Å²) < 4.78 is 12.4. The number of esters is 1. The van der Waals surface area contributed by atoms with Crippen molar-refractivity contribution in [3.8, 4) is 0 Å². The van der Waals surface area contributed by atoms with Crippen molar-refractivity contribution in [2.45, 2.75) is 109 Å².